The van der Waals surface area contributed by atoms with E-state index in [0.717, 1.165) is 5.56 Å². The SMILES string of the molecule is N#Cc1ccccc1COc1c(Cl)cc(C=NO)cc1Cl. The quantitative estimate of drug-likeness (QED) is 0.520. The first kappa shape index (κ1) is 15.2. The van der Waals surface area contributed by atoms with Gasteiger partial charge in [0.15, 0.2) is 5.75 Å². The van der Waals surface area contributed by atoms with Crippen molar-refractivity contribution in [1.29, 1.82) is 5.26 Å². The van der Waals surface area contributed by atoms with Gasteiger partial charge in [-0.3, -0.25) is 0 Å². The molecule has 106 valence electrons. The van der Waals surface area contributed by atoms with Crippen LogP contribution in [0.5, 0.6) is 5.75 Å². The Kier molecular flexibility index (Phi) is 5.04. The molecule has 6 heteroatoms. The summed E-state index contributed by atoms with van der Waals surface area (Å²) in [6.45, 7) is 0.177. The van der Waals surface area contributed by atoms with Crippen molar-refractivity contribution >= 4 is 29.4 Å². The van der Waals surface area contributed by atoms with E-state index in [4.69, 9.17) is 38.4 Å². The number of nitriles is 1. The summed E-state index contributed by atoms with van der Waals surface area (Å²) >= 11 is 12.2. The Balaban J connectivity index is 2.23. The van der Waals surface area contributed by atoms with Gasteiger partial charge in [-0.05, 0) is 23.8 Å². The van der Waals surface area contributed by atoms with Gasteiger partial charge in [0.2, 0.25) is 0 Å². The second-order valence-corrected chi connectivity index (χ2v) is 4.93. The average molecular weight is 321 g/mol. The molecule has 0 aliphatic carbocycles. The molecule has 1 N–H and O–H groups in total. The number of rotatable bonds is 4. The average Bonchev–Trinajstić information content (AvgIpc) is 2.47. The third-order valence-corrected chi connectivity index (χ3v) is 3.30. The van der Waals surface area contributed by atoms with Crippen LogP contribution in [0.25, 0.3) is 0 Å². The van der Waals surface area contributed by atoms with E-state index < -0.39 is 0 Å². The fraction of sp³-hybridized carbons (Fsp3) is 0.0667. The van der Waals surface area contributed by atoms with Crippen molar-refractivity contribution in [2.75, 3.05) is 0 Å². The van der Waals surface area contributed by atoms with E-state index in [1.165, 1.54) is 6.21 Å². The number of nitrogens with zero attached hydrogens (tertiary/aromatic N) is 2. The summed E-state index contributed by atoms with van der Waals surface area (Å²) in [5, 5.41) is 21.0. The van der Waals surface area contributed by atoms with E-state index in [-0.39, 0.29) is 6.61 Å². The van der Waals surface area contributed by atoms with E-state index in [0.29, 0.717) is 26.9 Å². The van der Waals surface area contributed by atoms with Gasteiger partial charge >= 0.3 is 0 Å². The minimum atomic E-state index is 0.177. The van der Waals surface area contributed by atoms with Crippen molar-refractivity contribution < 1.29 is 9.94 Å². The van der Waals surface area contributed by atoms with Gasteiger partial charge in [0.25, 0.3) is 0 Å². The maximum atomic E-state index is 9.02. The van der Waals surface area contributed by atoms with Crippen LogP contribution < -0.4 is 4.74 Å². The molecular weight excluding hydrogens is 311 g/mol. The predicted octanol–water partition coefficient (Wildman–Crippen LogP) is 4.25. The van der Waals surface area contributed by atoms with Crippen LogP contribution in [0.2, 0.25) is 10.0 Å². The van der Waals surface area contributed by atoms with Crippen molar-refractivity contribution in [1.82, 2.24) is 0 Å². The second kappa shape index (κ2) is 6.98. The highest BCUT2D eigenvalue weighted by molar-refractivity contribution is 6.37. The molecule has 4 nitrogen and oxygen atoms in total. The zero-order valence-corrected chi connectivity index (χ0v) is 12.3. The van der Waals surface area contributed by atoms with Gasteiger partial charge in [0.1, 0.15) is 6.61 Å². The molecule has 0 aliphatic rings. The summed E-state index contributed by atoms with van der Waals surface area (Å²) < 4.78 is 5.61. The molecule has 0 atom stereocenters. The number of oxime groups is 1. The van der Waals surface area contributed by atoms with Crippen molar-refractivity contribution in [3.63, 3.8) is 0 Å². The highest BCUT2D eigenvalue weighted by Crippen LogP contribution is 2.34. The lowest BCUT2D eigenvalue weighted by Gasteiger charge is -2.11. The molecule has 2 aromatic rings. The van der Waals surface area contributed by atoms with Crippen LogP contribution in [0, 0.1) is 11.3 Å². The molecular formula is C15H10Cl2N2O2. The van der Waals surface area contributed by atoms with E-state index >= 15 is 0 Å². The van der Waals surface area contributed by atoms with Crippen LogP contribution in [0.4, 0.5) is 0 Å². The number of halogens is 2. The summed E-state index contributed by atoms with van der Waals surface area (Å²) in [7, 11) is 0. The highest BCUT2D eigenvalue weighted by atomic mass is 35.5. The summed E-state index contributed by atoms with van der Waals surface area (Å²) in [5.74, 6) is 0.321. The fourth-order valence-corrected chi connectivity index (χ4v) is 2.38. The van der Waals surface area contributed by atoms with Crippen LogP contribution in [0.3, 0.4) is 0 Å². The lowest BCUT2D eigenvalue weighted by molar-refractivity contribution is 0.306. The van der Waals surface area contributed by atoms with E-state index in [1.54, 1.807) is 30.3 Å². The molecule has 0 saturated heterocycles. The highest BCUT2D eigenvalue weighted by Gasteiger charge is 2.10. The minimum absolute atomic E-state index is 0.177. The molecule has 0 radical (unpaired) electrons. The molecule has 0 fully saturated rings. The van der Waals surface area contributed by atoms with Crippen LogP contribution in [-0.2, 0) is 6.61 Å². The molecule has 0 spiro atoms. The second-order valence-electron chi connectivity index (χ2n) is 4.12. The Bertz CT molecular complexity index is 701. The Morgan fingerprint density at radius 1 is 1.24 bits per heavy atom. The van der Waals surface area contributed by atoms with E-state index in [9.17, 15) is 0 Å². The van der Waals surface area contributed by atoms with Crippen molar-refractivity contribution in [3.8, 4) is 11.8 Å². The Morgan fingerprint density at radius 2 is 1.90 bits per heavy atom. The molecule has 0 aromatic heterocycles. The predicted molar refractivity (Wildman–Crippen MR) is 81.3 cm³/mol. The third kappa shape index (κ3) is 3.66. The Hall–Kier alpha value is -2.22. The molecule has 0 unspecified atom stereocenters. The summed E-state index contributed by atoms with van der Waals surface area (Å²) in [6, 6.07) is 12.3. The van der Waals surface area contributed by atoms with Crippen LogP contribution >= 0.6 is 23.2 Å². The molecule has 0 amide bonds. The number of ether oxygens (including phenoxy) is 1. The van der Waals surface area contributed by atoms with Gasteiger partial charge in [-0.1, -0.05) is 46.6 Å². The molecule has 2 aromatic carbocycles. The standard InChI is InChI=1S/C15H10Cl2N2O2/c16-13-5-10(8-19-20)6-14(17)15(13)21-9-12-4-2-1-3-11(12)7-18/h1-6,8,20H,9H2. The zero-order valence-electron chi connectivity index (χ0n) is 10.8. The smallest absolute Gasteiger partial charge is 0.157 e. The minimum Gasteiger partial charge on any atom is -0.486 e. The third-order valence-electron chi connectivity index (χ3n) is 2.74. The monoisotopic (exact) mass is 320 g/mol. The van der Waals surface area contributed by atoms with E-state index in [1.807, 2.05) is 6.07 Å². The zero-order chi connectivity index (χ0) is 15.2. The van der Waals surface area contributed by atoms with Gasteiger partial charge in [-0.2, -0.15) is 5.26 Å². The molecule has 21 heavy (non-hydrogen) atoms. The first-order valence-electron chi connectivity index (χ1n) is 5.93. The summed E-state index contributed by atoms with van der Waals surface area (Å²) in [6.07, 6.45) is 1.21. The van der Waals surface area contributed by atoms with Gasteiger partial charge in [-0.15, -0.1) is 0 Å². The maximum absolute atomic E-state index is 9.02. The fourth-order valence-electron chi connectivity index (χ4n) is 1.76. The van der Waals surface area contributed by atoms with Crippen LogP contribution in [0.1, 0.15) is 16.7 Å². The Labute approximate surface area is 131 Å². The largest absolute Gasteiger partial charge is 0.486 e. The van der Waals surface area contributed by atoms with Gasteiger partial charge in [0, 0.05) is 5.56 Å². The van der Waals surface area contributed by atoms with Crippen molar-refractivity contribution in [2.24, 2.45) is 5.16 Å². The number of hydrogen-bond donors (Lipinski definition) is 1. The maximum Gasteiger partial charge on any atom is 0.157 e. The number of hydrogen-bond acceptors (Lipinski definition) is 4. The number of benzene rings is 2. The van der Waals surface area contributed by atoms with Gasteiger partial charge in [0.05, 0.1) is 27.9 Å². The van der Waals surface area contributed by atoms with Crippen LogP contribution in [0.15, 0.2) is 41.6 Å². The van der Waals surface area contributed by atoms with Crippen LogP contribution in [-0.4, -0.2) is 11.4 Å². The molecule has 0 aliphatic heterocycles. The molecule has 0 bridgehead atoms. The lowest BCUT2D eigenvalue weighted by atomic mass is 10.1. The molecule has 0 heterocycles. The first-order valence-corrected chi connectivity index (χ1v) is 6.68. The lowest BCUT2D eigenvalue weighted by Crippen LogP contribution is -1.99. The molecule has 0 saturated carbocycles. The first-order chi connectivity index (χ1) is 10.2. The topological polar surface area (TPSA) is 65.6 Å². The summed E-state index contributed by atoms with van der Waals surface area (Å²) in [5.41, 5.74) is 1.83. The van der Waals surface area contributed by atoms with Gasteiger partial charge < -0.3 is 9.94 Å². The van der Waals surface area contributed by atoms with Crippen molar-refractivity contribution in [3.05, 3.63) is 63.1 Å². The molecule has 2 rings (SSSR count). The normalized spacial score (nSPS) is 10.5. The van der Waals surface area contributed by atoms with Crippen molar-refractivity contribution in [2.45, 2.75) is 6.61 Å². The summed E-state index contributed by atoms with van der Waals surface area (Å²) in [4.78, 5) is 0. The van der Waals surface area contributed by atoms with Gasteiger partial charge in [-0.25, -0.2) is 0 Å². The van der Waals surface area contributed by atoms with E-state index in [2.05, 4.69) is 11.2 Å². The Morgan fingerprint density at radius 3 is 2.52 bits per heavy atom.